The maximum atomic E-state index is 12.6. The van der Waals surface area contributed by atoms with E-state index in [1.54, 1.807) is 24.3 Å². The maximum absolute atomic E-state index is 12.6. The van der Waals surface area contributed by atoms with E-state index in [1.165, 1.54) is 12.1 Å². The molecule has 0 atom stereocenters. The third-order valence-corrected chi connectivity index (χ3v) is 4.57. The van der Waals surface area contributed by atoms with Crippen LogP contribution in [0.2, 0.25) is 5.02 Å². The number of hydrogen-bond acceptors (Lipinski definition) is 2. The van der Waals surface area contributed by atoms with Gasteiger partial charge in [-0.15, -0.1) is 0 Å². The van der Waals surface area contributed by atoms with E-state index in [1.807, 2.05) is 0 Å². The lowest BCUT2D eigenvalue weighted by Crippen LogP contribution is -2.24. The first kappa shape index (κ1) is 17.8. The highest BCUT2D eigenvalue weighted by Crippen LogP contribution is 2.29. The molecule has 0 aliphatic heterocycles. The quantitative estimate of drug-likeness (QED) is 0.873. The number of rotatable bonds is 5. The second-order valence-corrected chi connectivity index (χ2v) is 7.15. The number of nitrogens with one attached hydrogen (secondary N) is 1. The predicted octanol–water partition coefficient (Wildman–Crippen LogP) is 3.98. The summed E-state index contributed by atoms with van der Waals surface area (Å²) in [4.78, 5) is 0. The molecule has 2 aromatic carbocycles. The van der Waals surface area contributed by atoms with E-state index in [2.05, 4.69) is 4.72 Å². The minimum Gasteiger partial charge on any atom is -0.212 e. The normalized spacial score (nSPS) is 12.3. The van der Waals surface area contributed by atoms with Crippen molar-refractivity contribution >= 4 is 21.6 Å². The summed E-state index contributed by atoms with van der Waals surface area (Å²) in [5.41, 5.74) is -0.0441. The SMILES string of the molecule is O=S(=O)(Cc1ccc(Cl)cc1)NCc1cccc(C(F)(F)F)c1. The van der Waals surface area contributed by atoms with Gasteiger partial charge in [0.05, 0.1) is 11.3 Å². The standard InChI is InChI=1S/C15H13ClF3NO2S/c16-14-6-4-11(5-7-14)10-23(21,22)20-9-12-2-1-3-13(8-12)15(17,18)19/h1-8,20H,9-10H2. The van der Waals surface area contributed by atoms with Gasteiger partial charge in [0.1, 0.15) is 0 Å². The van der Waals surface area contributed by atoms with Crippen LogP contribution in [0.5, 0.6) is 0 Å². The molecule has 0 heterocycles. The third-order valence-electron chi connectivity index (χ3n) is 3.02. The molecule has 0 aromatic heterocycles. The zero-order valence-corrected chi connectivity index (χ0v) is 13.3. The van der Waals surface area contributed by atoms with Crippen molar-refractivity contribution in [3.63, 3.8) is 0 Å². The van der Waals surface area contributed by atoms with Gasteiger partial charge in [0, 0.05) is 11.6 Å². The van der Waals surface area contributed by atoms with E-state index >= 15 is 0 Å². The summed E-state index contributed by atoms with van der Waals surface area (Å²) in [5, 5.41) is 0.489. The molecule has 0 fully saturated rings. The molecule has 0 radical (unpaired) electrons. The number of sulfonamides is 1. The van der Waals surface area contributed by atoms with Crippen molar-refractivity contribution in [2.24, 2.45) is 0 Å². The van der Waals surface area contributed by atoms with Gasteiger partial charge < -0.3 is 0 Å². The number of alkyl halides is 3. The number of benzene rings is 2. The van der Waals surface area contributed by atoms with Gasteiger partial charge in [0.25, 0.3) is 0 Å². The average molecular weight is 364 g/mol. The Hall–Kier alpha value is -1.57. The second kappa shape index (κ2) is 6.90. The average Bonchev–Trinajstić information content (AvgIpc) is 2.47. The Morgan fingerprint density at radius 1 is 1.00 bits per heavy atom. The molecule has 0 saturated heterocycles. The Labute approximate surface area is 137 Å². The van der Waals surface area contributed by atoms with E-state index in [0.29, 0.717) is 10.6 Å². The van der Waals surface area contributed by atoms with E-state index < -0.39 is 21.8 Å². The Bertz CT molecular complexity index is 774. The van der Waals surface area contributed by atoms with Crippen molar-refractivity contribution < 1.29 is 21.6 Å². The third kappa shape index (κ3) is 5.53. The molecule has 0 bridgehead atoms. The molecule has 23 heavy (non-hydrogen) atoms. The summed E-state index contributed by atoms with van der Waals surface area (Å²) >= 11 is 5.72. The highest BCUT2D eigenvalue weighted by atomic mass is 35.5. The zero-order chi connectivity index (χ0) is 17.1. The van der Waals surface area contributed by atoms with Crippen LogP contribution in [0.15, 0.2) is 48.5 Å². The Kier molecular flexibility index (Phi) is 5.33. The Balaban J connectivity index is 2.03. The van der Waals surface area contributed by atoms with Gasteiger partial charge in [-0.3, -0.25) is 0 Å². The summed E-state index contributed by atoms with van der Waals surface area (Å²) in [6, 6.07) is 10.8. The number of hydrogen-bond donors (Lipinski definition) is 1. The summed E-state index contributed by atoms with van der Waals surface area (Å²) in [7, 11) is -3.67. The largest absolute Gasteiger partial charge is 0.416 e. The van der Waals surface area contributed by atoms with Gasteiger partial charge in [0.15, 0.2) is 0 Å². The smallest absolute Gasteiger partial charge is 0.212 e. The van der Waals surface area contributed by atoms with Gasteiger partial charge in [0.2, 0.25) is 10.0 Å². The fourth-order valence-corrected chi connectivity index (χ4v) is 3.15. The zero-order valence-electron chi connectivity index (χ0n) is 11.8. The van der Waals surface area contributed by atoms with Crippen LogP contribution in [0.1, 0.15) is 16.7 Å². The van der Waals surface area contributed by atoms with Crippen molar-refractivity contribution in [2.45, 2.75) is 18.5 Å². The Morgan fingerprint density at radius 2 is 1.65 bits per heavy atom. The molecule has 3 nitrogen and oxygen atoms in total. The second-order valence-electron chi connectivity index (χ2n) is 4.90. The number of halogens is 4. The van der Waals surface area contributed by atoms with Crippen LogP contribution < -0.4 is 4.72 Å². The first-order chi connectivity index (χ1) is 10.7. The molecule has 0 amide bonds. The monoisotopic (exact) mass is 363 g/mol. The van der Waals surface area contributed by atoms with Crippen LogP contribution in [0.3, 0.4) is 0 Å². The minimum absolute atomic E-state index is 0.208. The molecule has 8 heteroatoms. The summed E-state index contributed by atoms with van der Waals surface area (Å²) < 4.78 is 64.1. The first-order valence-electron chi connectivity index (χ1n) is 6.54. The van der Waals surface area contributed by atoms with Crippen molar-refractivity contribution in [1.29, 1.82) is 0 Å². The topological polar surface area (TPSA) is 46.2 Å². The van der Waals surface area contributed by atoms with Gasteiger partial charge in [-0.05, 0) is 29.3 Å². The van der Waals surface area contributed by atoms with Gasteiger partial charge >= 0.3 is 6.18 Å². The molecule has 124 valence electrons. The highest BCUT2D eigenvalue weighted by Gasteiger charge is 2.30. The molecular weight excluding hydrogens is 351 g/mol. The van der Waals surface area contributed by atoms with Crippen LogP contribution in [0.25, 0.3) is 0 Å². The summed E-state index contributed by atoms with van der Waals surface area (Å²) in [5.74, 6) is -0.275. The summed E-state index contributed by atoms with van der Waals surface area (Å²) in [6.07, 6.45) is -4.46. The van der Waals surface area contributed by atoms with Crippen LogP contribution >= 0.6 is 11.6 Å². The van der Waals surface area contributed by atoms with E-state index in [-0.39, 0.29) is 17.9 Å². The van der Waals surface area contributed by atoms with E-state index in [4.69, 9.17) is 11.6 Å². The molecule has 0 unspecified atom stereocenters. The lowest BCUT2D eigenvalue weighted by Gasteiger charge is -2.10. The molecule has 0 aliphatic rings. The molecule has 0 saturated carbocycles. The predicted molar refractivity (Wildman–Crippen MR) is 82.4 cm³/mol. The molecule has 1 N–H and O–H groups in total. The summed E-state index contributed by atoms with van der Waals surface area (Å²) in [6.45, 7) is -0.208. The fraction of sp³-hybridized carbons (Fsp3) is 0.200. The molecule has 0 aliphatic carbocycles. The fourth-order valence-electron chi connectivity index (χ4n) is 1.90. The highest BCUT2D eigenvalue weighted by molar-refractivity contribution is 7.88. The molecular formula is C15H13ClF3NO2S. The van der Waals surface area contributed by atoms with Crippen LogP contribution in [-0.4, -0.2) is 8.42 Å². The van der Waals surface area contributed by atoms with Crippen molar-refractivity contribution in [3.05, 3.63) is 70.2 Å². The van der Waals surface area contributed by atoms with E-state index in [9.17, 15) is 21.6 Å². The van der Waals surface area contributed by atoms with Gasteiger partial charge in [-0.1, -0.05) is 41.9 Å². The van der Waals surface area contributed by atoms with Crippen LogP contribution in [0.4, 0.5) is 13.2 Å². The first-order valence-corrected chi connectivity index (χ1v) is 8.57. The van der Waals surface area contributed by atoms with Crippen molar-refractivity contribution in [1.82, 2.24) is 4.72 Å². The van der Waals surface area contributed by atoms with Crippen molar-refractivity contribution in [3.8, 4) is 0 Å². The Morgan fingerprint density at radius 3 is 2.26 bits per heavy atom. The molecule has 0 spiro atoms. The molecule has 2 rings (SSSR count). The lowest BCUT2D eigenvalue weighted by atomic mass is 10.1. The maximum Gasteiger partial charge on any atom is 0.416 e. The van der Waals surface area contributed by atoms with Gasteiger partial charge in [-0.25, -0.2) is 13.1 Å². The van der Waals surface area contributed by atoms with Gasteiger partial charge in [-0.2, -0.15) is 13.2 Å². The minimum atomic E-state index is -4.46. The van der Waals surface area contributed by atoms with Crippen molar-refractivity contribution in [2.75, 3.05) is 0 Å². The van der Waals surface area contributed by atoms with Crippen LogP contribution in [-0.2, 0) is 28.5 Å². The molecule has 2 aromatic rings. The van der Waals surface area contributed by atoms with Crippen LogP contribution in [0, 0.1) is 0 Å². The lowest BCUT2D eigenvalue weighted by molar-refractivity contribution is -0.137. The van der Waals surface area contributed by atoms with E-state index in [0.717, 1.165) is 12.1 Å².